The predicted octanol–water partition coefficient (Wildman–Crippen LogP) is 3.27. The molecule has 0 aromatic carbocycles. The smallest absolute Gasteiger partial charge is 0.0809 e. The van der Waals surface area contributed by atoms with Gasteiger partial charge in [-0.1, -0.05) is 38.5 Å². The van der Waals surface area contributed by atoms with Gasteiger partial charge in [-0.15, -0.1) is 0 Å². The number of quaternary nitrogens is 1. The lowest BCUT2D eigenvalue weighted by Crippen LogP contribution is -2.39. The molecule has 1 fully saturated rings. The molecule has 0 radical (unpaired) electrons. The molecule has 0 saturated heterocycles. The van der Waals surface area contributed by atoms with Crippen molar-refractivity contribution in [1.29, 1.82) is 0 Å². The monoisotopic (exact) mass is 215 g/mol. The Bertz CT molecular complexity index is 141. The highest BCUT2D eigenvalue weighted by atomic mass is 16.0. The summed E-state index contributed by atoms with van der Waals surface area (Å²) < 4.78 is 1.14. The molecule has 15 heavy (non-hydrogen) atoms. The summed E-state index contributed by atoms with van der Waals surface area (Å²) in [4.78, 5) is 0. The number of hydrogen-bond donors (Lipinski definition) is 0. The zero-order valence-corrected chi connectivity index (χ0v) is 10.8. The molecule has 0 bridgehead atoms. The van der Waals surface area contributed by atoms with Crippen molar-refractivity contribution >= 4 is 0 Å². The van der Waals surface area contributed by atoms with E-state index in [4.69, 9.17) is 0 Å². The Kier molecular flexibility index (Phi) is 7.20. The molecule has 0 aliphatic heterocycles. The summed E-state index contributed by atoms with van der Waals surface area (Å²) >= 11 is 0. The highest BCUT2D eigenvalue weighted by molar-refractivity contribution is 4.62. The molecule has 0 spiro atoms. The second-order valence-corrected chi connectivity index (χ2v) is 6.04. The van der Waals surface area contributed by atoms with E-state index in [9.17, 15) is 0 Å². The van der Waals surface area contributed by atoms with Crippen molar-refractivity contribution in [1.82, 2.24) is 0 Å². The Morgan fingerprint density at radius 1 is 0.800 bits per heavy atom. The van der Waals surface area contributed by atoms with Gasteiger partial charge in [-0.3, -0.25) is 0 Å². The molecule has 0 unspecified atom stereocenters. The Balaban J connectivity index is 0.00000196. The molecule has 0 atom stereocenters. The molecular formula is C13H29NO. The number of hydrogen-bond acceptors (Lipinski definition) is 1. The minimum absolute atomic E-state index is 0. The van der Waals surface area contributed by atoms with E-state index in [1.54, 1.807) is 0 Å². The summed E-state index contributed by atoms with van der Waals surface area (Å²) in [6.45, 7) is 1.38. The number of nitrogens with zero attached hydrogens (tertiary/aromatic N) is 1. The molecule has 0 heterocycles. The van der Waals surface area contributed by atoms with Gasteiger partial charge >= 0.3 is 0 Å². The Hall–Kier alpha value is -0.0800. The number of rotatable bonds is 2. The van der Waals surface area contributed by atoms with Gasteiger partial charge in [0.05, 0.1) is 27.7 Å². The zero-order valence-electron chi connectivity index (χ0n) is 10.8. The van der Waals surface area contributed by atoms with Crippen LogP contribution in [0.3, 0.4) is 0 Å². The van der Waals surface area contributed by atoms with Crippen LogP contribution >= 0.6 is 0 Å². The maximum absolute atomic E-state index is 2.33. The molecule has 2 nitrogen and oxygen atoms in total. The highest BCUT2D eigenvalue weighted by Crippen LogP contribution is 2.23. The molecular weight excluding hydrogens is 186 g/mol. The Morgan fingerprint density at radius 2 is 1.20 bits per heavy atom. The summed E-state index contributed by atoms with van der Waals surface area (Å²) in [5.74, 6) is 0.994. The van der Waals surface area contributed by atoms with Gasteiger partial charge in [0.25, 0.3) is 0 Å². The summed E-state index contributed by atoms with van der Waals surface area (Å²) in [5.41, 5.74) is 0. The van der Waals surface area contributed by atoms with Crippen LogP contribution in [0.1, 0.15) is 51.4 Å². The van der Waals surface area contributed by atoms with Gasteiger partial charge in [-0.05, 0) is 12.8 Å². The van der Waals surface area contributed by atoms with Crippen molar-refractivity contribution in [2.24, 2.45) is 5.92 Å². The summed E-state index contributed by atoms with van der Waals surface area (Å²) in [6.07, 6.45) is 11.8. The maximum Gasteiger partial charge on any atom is 0.0809 e. The second kappa shape index (κ2) is 7.24. The lowest BCUT2D eigenvalue weighted by atomic mass is 9.96. The van der Waals surface area contributed by atoms with E-state index in [1.165, 1.54) is 57.9 Å². The summed E-state index contributed by atoms with van der Waals surface area (Å²) in [6, 6.07) is 0. The van der Waals surface area contributed by atoms with Crippen LogP contribution in [0.15, 0.2) is 0 Å². The molecule has 0 amide bonds. The zero-order chi connectivity index (χ0) is 10.4. The van der Waals surface area contributed by atoms with Crippen LogP contribution in [0.4, 0.5) is 0 Å². The van der Waals surface area contributed by atoms with E-state index in [2.05, 4.69) is 21.1 Å². The first kappa shape index (κ1) is 14.9. The van der Waals surface area contributed by atoms with Gasteiger partial charge in [0.1, 0.15) is 0 Å². The normalized spacial score (nSPS) is 21.0. The molecule has 1 rings (SSSR count). The standard InChI is InChI=1S/C13H28N.H2O/c1-14(2,3)12-13-10-8-6-4-5-7-9-11-13;/h13H,4-12H2,1-3H3;1H2/q+1;/p-1. The molecule has 0 aromatic rings. The summed E-state index contributed by atoms with van der Waals surface area (Å²) in [5, 5.41) is 0. The molecule has 1 aliphatic carbocycles. The van der Waals surface area contributed by atoms with Crippen molar-refractivity contribution in [2.75, 3.05) is 27.7 Å². The third-order valence-electron chi connectivity index (χ3n) is 3.28. The van der Waals surface area contributed by atoms with Crippen LogP contribution in [0.5, 0.6) is 0 Å². The molecule has 2 heteroatoms. The van der Waals surface area contributed by atoms with E-state index in [0.29, 0.717) is 0 Å². The van der Waals surface area contributed by atoms with Crippen molar-refractivity contribution in [3.8, 4) is 0 Å². The molecule has 1 N–H and O–H groups in total. The van der Waals surface area contributed by atoms with Crippen molar-refractivity contribution < 1.29 is 9.96 Å². The third kappa shape index (κ3) is 7.80. The molecule has 0 aromatic heterocycles. The SMILES string of the molecule is C[N+](C)(C)CC1CCCCCCCC1.[OH-]. The maximum atomic E-state index is 2.33. The van der Waals surface area contributed by atoms with Gasteiger partial charge in [0, 0.05) is 5.92 Å². The quantitative estimate of drug-likeness (QED) is 0.650. The van der Waals surface area contributed by atoms with Crippen LogP contribution in [0, 0.1) is 5.92 Å². The predicted molar refractivity (Wildman–Crippen MR) is 65.3 cm³/mol. The van der Waals surface area contributed by atoms with Gasteiger partial charge in [0.2, 0.25) is 0 Å². The molecule has 92 valence electrons. The van der Waals surface area contributed by atoms with E-state index < -0.39 is 0 Å². The van der Waals surface area contributed by atoms with E-state index >= 15 is 0 Å². The van der Waals surface area contributed by atoms with Crippen LogP contribution in [-0.4, -0.2) is 37.6 Å². The van der Waals surface area contributed by atoms with E-state index in [-0.39, 0.29) is 5.48 Å². The first-order valence-electron chi connectivity index (χ1n) is 6.38. The average Bonchev–Trinajstić information content (AvgIpc) is 2.15. The van der Waals surface area contributed by atoms with Crippen LogP contribution in [0.25, 0.3) is 0 Å². The second-order valence-electron chi connectivity index (χ2n) is 6.04. The fraction of sp³-hybridized carbons (Fsp3) is 1.00. The third-order valence-corrected chi connectivity index (χ3v) is 3.28. The highest BCUT2D eigenvalue weighted by Gasteiger charge is 2.18. The van der Waals surface area contributed by atoms with Gasteiger partial charge < -0.3 is 9.96 Å². The Labute approximate surface area is 95.6 Å². The van der Waals surface area contributed by atoms with Gasteiger partial charge in [0.15, 0.2) is 0 Å². The molecule has 1 aliphatic rings. The van der Waals surface area contributed by atoms with E-state index in [1.807, 2.05) is 0 Å². The van der Waals surface area contributed by atoms with Crippen molar-refractivity contribution in [2.45, 2.75) is 51.4 Å². The van der Waals surface area contributed by atoms with Gasteiger partial charge in [-0.25, -0.2) is 0 Å². The fourth-order valence-corrected chi connectivity index (χ4v) is 2.67. The largest absolute Gasteiger partial charge is 0.870 e. The van der Waals surface area contributed by atoms with Crippen molar-refractivity contribution in [3.63, 3.8) is 0 Å². The average molecular weight is 215 g/mol. The van der Waals surface area contributed by atoms with Gasteiger partial charge in [-0.2, -0.15) is 0 Å². The minimum Gasteiger partial charge on any atom is -0.870 e. The lowest BCUT2D eigenvalue weighted by molar-refractivity contribution is -0.874. The van der Waals surface area contributed by atoms with Crippen LogP contribution in [-0.2, 0) is 0 Å². The van der Waals surface area contributed by atoms with Crippen LogP contribution in [0.2, 0.25) is 0 Å². The topological polar surface area (TPSA) is 30.0 Å². The van der Waals surface area contributed by atoms with Crippen LogP contribution < -0.4 is 0 Å². The summed E-state index contributed by atoms with van der Waals surface area (Å²) in [7, 11) is 6.98. The first-order valence-corrected chi connectivity index (χ1v) is 6.38. The van der Waals surface area contributed by atoms with E-state index in [0.717, 1.165) is 10.4 Å². The van der Waals surface area contributed by atoms with Crippen molar-refractivity contribution in [3.05, 3.63) is 0 Å². The Morgan fingerprint density at radius 3 is 1.60 bits per heavy atom. The first-order chi connectivity index (χ1) is 6.58. The lowest BCUT2D eigenvalue weighted by Gasteiger charge is -2.29. The fourth-order valence-electron chi connectivity index (χ4n) is 2.67. The minimum atomic E-state index is 0. The molecule has 1 saturated carbocycles.